The van der Waals surface area contributed by atoms with Crippen LogP contribution in [0.1, 0.15) is 12.8 Å². The first kappa shape index (κ1) is 13.0. The molecule has 0 atom stereocenters. The van der Waals surface area contributed by atoms with Crippen molar-refractivity contribution < 1.29 is 14.7 Å². The van der Waals surface area contributed by atoms with Crippen molar-refractivity contribution in [2.24, 2.45) is 0 Å². The number of carboxylic acids is 1. The van der Waals surface area contributed by atoms with Gasteiger partial charge in [-0.05, 0) is 19.0 Å². The van der Waals surface area contributed by atoms with Gasteiger partial charge in [-0.15, -0.1) is 0 Å². The van der Waals surface area contributed by atoms with Crippen molar-refractivity contribution in [1.29, 1.82) is 0 Å². The molecule has 3 N–H and O–H groups in total. The molecule has 0 unspecified atom stereocenters. The first-order valence-electron chi connectivity index (χ1n) is 5.18. The van der Waals surface area contributed by atoms with Crippen molar-refractivity contribution >= 4 is 17.8 Å². The third-order valence-electron chi connectivity index (χ3n) is 1.85. The highest BCUT2D eigenvalue weighted by atomic mass is 16.4. The fourth-order valence-corrected chi connectivity index (χ4v) is 1.10. The van der Waals surface area contributed by atoms with E-state index in [1.807, 2.05) is 0 Å². The van der Waals surface area contributed by atoms with Gasteiger partial charge in [-0.25, -0.2) is 9.97 Å². The number of carbonyl (C=O) groups is 2. The fourth-order valence-electron chi connectivity index (χ4n) is 1.10. The molecule has 0 saturated carbocycles. The first-order chi connectivity index (χ1) is 8.18. The Hall–Kier alpha value is -2.02. The van der Waals surface area contributed by atoms with E-state index in [-0.39, 0.29) is 24.8 Å². The molecule has 0 radical (unpaired) electrons. The molecular formula is C10H14N4O3. The third kappa shape index (κ3) is 6.21. The van der Waals surface area contributed by atoms with Crippen LogP contribution in [-0.4, -0.2) is 40.0 Å². The molecule has 1 rings (SSSR count). The summed E-state index contributed by atoms with van der Waals surface area (Å²) in [6, 6.07) is 1.65. The molecule has 0 saturated heterocycles. The first-order valence-corrected chi connectivity index (χ1v) is 5.18. The van der Waals surface area contributed by atoms with Crippen molar-refractivity contribution in [3.8, 4) is 0 Å². The lowest BCUT2D eigenvalue weighted by Crippen LogP contribution is -2.29. The van der Waals surface area contributed by atoms with Crippen molar-refractivity contribution in [2.75, 3.05) is 18.4 Å². The predicted molar refractivity (Wildman–Crippen MR) is 60.4 cm³/mol. The number of aliphatic carboxylic acids is 1. The Morgan fingerprint density at radius 1 is 1.29 bits per heavy atom. The minimum Gasteiger partial charge on any atom is -0.481 e. The predicted octanol–water partition coefficient (Wildman–Crippen LogP) is -0.130. The number of amides is 1. The highest BCUT2D eigenvalue weighted by Gasteiger charge is 2.03. The van der Waals surface area contributed by atoms with E-state index in [0.717, 1.165) is 0 Å². The van der Waals surface area contributed by atoms with Crippen LogP contribution in [0.25, 0.3) is 0 Å². The number of carboxylic acid groups (broad SMARTS) is 1. The molecule has 1 heterocycles. The minimum atomic E-state index is -0.839. The van der Waals surface area contributed by atoms with Crippen LogP contribution in [-0.2, 0) is 9.59 Å². The molecule has 0 spiro atoms. The zero-order valence-electron chi connectivity index (χ0n) is 9.22. The lowest BCUT2D eigenvalue weighted by atomic mass is 10.3. The number of nitrogens with one attached hydrogen (secondary N) is 2. The van der Waals surface area contributed by atoms with Crippen LogP contribution in [0, 0.1) is 0 Å². The van der Waals surface area contributed by atoms with Crippen LogP contribution < -0.4 is 10.6 Å². The second-order valence-electron chi connectivity index (χ2n) is 3.29. The summed E-state index contributed by atoms with van der Waals surface area (Å²) in [6.45, 7) is 0.591. The number of hydrogen-bond acceptors (Lipinski definition) is 5. The standard InChI is InChI=1S/C10H14N4O3/c15-8(7-11-4-1-3-9(16)17)14-10-12-5-2-6-13-10/h2,5-6,11H,1,3-4,7H2,(H,16,17)(H,12,13,14,15). The number of rotatable bonds is 7. The Labute approximate surface area is 98.3 Å². The Bertz CT molecular complexity index is 369. The van der Waals surface area contributed by atoms with Gasteiger partial charge in [0, 0.05) is 18.8 Å². The minimum absolute atomic E-state index is 0.0937. The Kier molecular flexibility index (Phi) is 5.59. The van der Waals surface area contributed by atoms with Gasteiger partial charge in [0.1, 0.15) is 0 Å². The van der Waals surface area contributed by atoms with Gasteiger partial charge in [0.25, 0.3) is 0 Å². The lowest BCUT2D eigenvalue weighted by molar-refractivity contribution is -0.137. The van der Waals surface area contributed by atoms with Gasteiger partial charge in [-0.2, -0.15) is 0 Å². The molecular weight excluding hydrogens is 224 g/mol. The van der Waals surface area contributed by atoms with Gasteiger partial charge < -0.3 is 10.4 Å². The normalized spacial score (nSPS) is 9.88. The summed E-state index contributed by atoms with van der Waals surface area (Å²) in [7, 11) is 0. The average molecular weight is 238 g/mol. The van der Waals surface area contributed by atoms with E-state index in [1.54, 1.807) is 6.07 Å². The average Bonchev–Trinajstić information content (AvgIpc) is 2.29. The summed E-state index contributed by atoms with van der Waals surface area (Å²) in [5, 5.41) is 13.7. The maximum atomic E-state index is 11.3. The van der Waals surface area contributed by atoms with Crippen LogP contribution in [0.4, 0.5) is 5.95 Å². The quantitative estimate of drug-likeness (QED) is 0.571. The summed E-state index contributed by atoms with van der Waals surface area (Å²) >= 11 is 0. The number of hydrogen-bond donors (Lipinski definition) is 3. The number of carbonyl (C=O) groups excluding carboxylic acids is 1. The van der Waals surface area contributed by atoms with Crippen LogP contribution in [0.2, 0.25) is 0 Å². The zero-order valence-corrected chi connectivity index (χ0v) is 9.22. The number of nitrogens with zero attached hydrogens (tertiary/aromatic N) is 2. The van der Waals surface area contributed by atoms with E-state index in [9.17, 15) is 9.59 Å². The highest BCUT2D eigenvalue weighted by molar-refractivity contribution is 5.90. The maximum Gasteiger partial charge on any atom is 0.303 e. The summed E-state index contributed by atoms with van der Waals surface area (Å²) in [4.78, 5) is 29.2. The van der Waals surface area contributed by atoms with E-state index in [1.165, 1.54) is 12.4 Å². The third-order valence-corrected chi connectivity index (χ3v) is 1.85. The maximum absolute atomic E-state index is 11.3. The summed E-state index contributed by atoms with van der Waals surface area (Å²) in [6.07, 6.45) is 3.65. The molecule has 0 aliphatic rings. The summed E-state index contributed by atoms with van der Waals surface area (Å²) < 4.78 is 0. The summed E-state index contributed by atoms with van der Waals surface area (Å²) in [5.41, 5.74) is 0. The Morgan fingerprint density at radius 2 is 2.00 bits per heavy atom. The molecule has 7 heteroatoms. The van der Waals surface area contributed by atoms with Crippen molar-refractivity contribution in [3.63, 3.8) is 0 Å². The van der Waals surface area contributed by atoms with Gasteiger partial charge in [-0.3, -0.25) is 14.9 Å². The molecule has 7 nitrogen and oxygen atoms in total. The van der Waals surface area contributed by atoms with Gasteiger partial charge >= 0.3 is 5.97 Å². The molecule has 1 aromatic rings. The van der Waals surface area contributed by atoms with Crippen LogP contribution in [0.15, 0.2) is 18.5 Å². The lowest BCUT2D eigenvalue weighted by Gasteiger charge is -2.04. The number of aromatic nitrogens is 2. The molecule has 1 aromatic heterocycles. The molecule has 0 aliphatic carbocycles. The monoisotopic (exact) mass is 238 g/mol. The van der Waals surface area contributed by atoms with Crippen molar-refractivity contribution in [3.05, 3.63) is 18.5 Å². The highest BCUT2D eigenvalue weighted by Crippen LogP contribution is 1.92. The van der Waals surface area contributed by atoms with Gasteiger partial charge in [-0.1, -0.05) is 0 Å². The van der Waals surface area contributed by atoms with Gasteiger partial charge in [0.2, 0.25) is 11.9 Å². The molecule has 92 valence electrons. The largest absolute Gasteiger partial charge is 0.481 e. The van der Waals surface area contributed by atoms with E-state index in [4.69, 9.17) is 5.11 Å². The summed E-state index contributed by atoms with van der Waals surface area (Å²) in [5.74, 6) is -0.842. The van der Waals surface area contributed by atoms with Crippen LogP contribution >= 0.6 is 0 Å². The molecule has 1 amide bonds. The van der Waals surface area contributed by atoms with E-state index < -0.39 is 5.97 Å². The zero-order chi connectivity index (χ0) is 12.5. The van der Waals surface area contributed by atoms with Crippen molar-refractivity contribution in [1.82, 2.24) is 15.3 Å². The van der Waals surface area contributed by atoms with E-state index >= 15 is 0 Å². The molecule has 17 heavy (non-hydrogen) atoms. The van der Waals surface area contributed by atoms with Gasteiger partial charge in [0.05, 0.1) is 6.54 Å². The van der Waals surface area contributed by atoms with E-state index in [2.05, 4.69) is 20.6 Å². The SMILES string of the molecule is O=C(O)CCCNCC(=O)Nc1ncccn1. The fraction of sp³-hybridized carbons (Fsp3) is 0.400. The second-order valence-corrected chi connectivity index (χ2v) is 3.29. The molecule has 0 fully saturated rings. The molecule has 0 aliphatic heterocycles. The second kappa shape index (κ2) is 7.29. The van der Waals surface area contributed by atoms with Crippen LogP contribution in [0.5, 0.6) is 0 Å². The van der Waals surface area contributed by atoms with Crippen LogP contribution in [0.3, 0.4) is 0 Å². The molecule has 0 aromatic carbocycles. The topological polar surface area (TPSA) is 104 Å². The Morgan fingerprint density at radius 3 is 2.65 bits per heavy atom. The molecule has 0 bridgehead atoms. The van der Waals surface area contributed by atoms with E-state index in [0.29, 0.717) is 13.0 Å². The van der Waals surface area contributed by atoms with Gasteiger partial charge in [0.15, 0.2) is 0 Å². The Balaban J connectivity index is 2.12. The number of anilines is 1. The van der Waals surface area contributed by atoms with Crippen molar-refractivity contribution in [2.45, 2.75) is 12.8 Å². The smallest absolute Gasteiger partial charge is 0.303 e.